The Hall–Kier alpha value is -2.21. The molecule has 0 bridgehead atoms. The summed E-state index contributed by atoms with van der Waals surface area (Å²) in [6, 6.07) is 16.5. The second kappa shape index (κ2) is 9.94. The first kappa shape index (κ1) is 22.0. The SMILES string of the molecule is CON(C)C(=O)c1ccc2c(c1)CCC(CCN1CCC(c3ccccc3)CC1)C2O. The van der Waals surface area contributed by atoms with Gasteiger partial charge in [-0.15, -0.1) is 0 Å². The van der Waals surface area contributed by atoms with Crippen LogP contribution < -0.4 is 0 Å². The number of amides is 1. The Balaban J connectivity index is 1.30. The van der Waals surface area contributed by atoms with Gasteiger partial charge in [0.1, 0.15) is 0 Å². The molecule has 2 atom stereocenters. The van der Waals surface area contributed by atoms with Crippen LogP contribution in [0.25, 0.3) is 0 Å². The highest BCUT2D eigenvalue weighted by atomic mass is 16.7. The lowest BCUT2D eigenvalue weighted by atomic mass is 9.79. The highest BCUT2D eigenvalue weighted by molar-refractivity contribution is 5.93. The Morgan fingerprint density at radius 1 is 1.13 bits per heavy atom. The van der Waals surface area contributed by atoms with Crippen LogP contribution in [-0.2, 0) is 11.3 Å². The van der Waals surface area contributed by atoms with Crippen molar-refractivity contribution < 1.29 is 14.7 Å². The lowest BCUT2D eigenvalue weighted by Crippen LogP contribution is -2.35. The molecule has 1 saturated heterocycles. The summed E-state index contributed by atoms with van der Waals surface area (Å²) in [5, 5.41) is 12.2. The second-order valence-electron chi connectivity index (χ2n) is 8.96. The summed E-state index contributed by atoms with van der Waals surface area (Å²) >= 11 is 0. The van der Waals surface area contributed by atoms with E-state index in [9.17, 15) is 9.90 Å². The quantitative estimate of drug-likeness (QED) is 0.710. The fourth-order valence-electron chi connectivity index (χ4n) is 5.13. The molecule has 2 aliphatic rings. The predicted molar refractivity (Wildman–Crippen MR) is 122 cm³/mol. The number of hydrogen-bond donors (Lipinski definition) is 1. The fourth-order valence-corrected chi connectivity index (χ4v) is 5.13. The monoisotopic (exact) mass is 422 g/mol. The molecule has 1 fully saturated rings. The van der Waals surface area contributed by atoms with Crippen molar-refractivity contribution in [1.82, 2.24) is 9.96 Å². The minimum absolute atomic E-state index is 0.166. The molecule has 1 heterocycles. The molecular formula is C26H34N2O3. The Morgan fingerprint density at radius 2 is 1.87 bits per heavy atom. The van der Waals surface area contributed by atoms with Crippen LogP contribution in [0.3, 0.4) is 0 Å². The summed E-state index contributed by atoms with van der Waals surface area (Å²) in [4.78, 5) is 19.9. The standard InChI is InChI=1S/C26H34N2O3/c1-27(31-2)26(30)23-10-11-24-22(18-23)9-8-21(25(24)29)14-17-28-15-12-20(13-16-28)19-6-4-3-5-7-19/h3-7,10-11,18,20-21,25,29H,8-9,12-17H2,1-2H3. The Kier molecular flexibility index (Phi) is 7.06. The number of fused-ring (bicyclic) bond motifs is 1. The van der Waals surface area contributed by atoms with Crippen molar-refractivity contribution in [3.05, 3.63) is 70.8 Å². The number of aliphatic hydroxyl groups excluding tert-OH is 1. The van der Waals surface area contributed by atoms with Crippen LogP contribution in [0.5, 0.6) is 0 Å². The molecule has 1 aliphatic heterocycles. The maximum absolute atomic E-state index is 12.3. The van der Waals surface area contributed by atoms with E-state index in [0.29, 0.717) is 11.5 Å². The van der Waals surface area contributed by atoms with E-state index in [1.807, 2.05) is 12.1 Å². The van der Waals surface area contributed by atoms with Crippen molar-refractivity contribution in [2.24, 2.45) is 5.92 Å². The first-order valence-corrected chi connectivity index (χ1v) is 11.5. The zero-order valence-corrected chi connectivity index (χ0v) is 18.7. The van der Waals surface area contributed by atoms with Gasteiger partial charge in [0.05, 0.1) is 13.2 Å². The van der Waals surface area contributed by atoms with E-state index in [1.54, 1.807) is 13.1 Å². The fraction of sp³-hybridized carbons (Fsp3) is 0.500. The summed E-state index contributed by atoms with van der Waals surface area (Å²) in [5.74, 6) is 0.794. The number of hydroxylamine groups is 2. The number of aliphatic hydroxyl groups is 1. The number of benzene rings is 2. The number of aryl methyl sites for hydroxylation is 1. The van der Waals surface area contributed by atoms with Gasteiger partial charge < -0.3 is 10.0 Å². The Bertz CT molecular complexity index is 877. The van der Waals surface area contributed by atoms with Crippen LogP contribution in [0, 0.1) is 5.92 Å². The predicted octanol–water partition coefficient (Wildman–Crippen LogP) is 4.19. The van der Waals surface area contributed by atoms with E-state index in [4.69, 9.17) is 4.84 Å². The molecule has 5 nitrogen and oxygen atoms in total. The number of nitrogens with zero attached hydrogens (tertiary/aromatic N) is 2. The maximum Gasteiger partial charge on any atom is 0.277 e. The zero-order valence-electron chi connectivity index (χ0n) is 18.7. The number of carbonyl (C=O) groups is 1. The minimum atomic E-state index is -0.449. The first-order valence-electron chi connectivity index (χ1n) is 11.5. The molecule has 2 unspecified atom stereocenters. The molecule has 0 saturated carbocycles. The van der Waals surface area contributed by atoms with Crippen LogP contribution in [0.1, 0.15) is 64.8 Å². The van der Waals surface area contributed by atoms with E-state index in [2.05, 4.69) is 35.2 Å². The van der Waals surface area contributed by atoms with Crippen molar-refractivity contribution >= 4 is 5.91 Å². The van der Waals surface area contributed by atoms with Crippen LogP contribution >= 0.6 is 0 Å². The molecule has 166 valence electrons. The van der Waals surface area contributed by atoms with Gasteiger partial charge >= 0.3 is 0 Å². The van der Waals surface area contributed by atoms with Gasteiger partial charge in [-0.25, -0.2) is 5.06 Å². The molecule has 2 aromatic rings. The van der Waals surface area contributed by atoms with Gasteiger partial charge in [-0.1, -0.05) is 36.4 Å². The number of carbonyl (C=O) groups excluding carboxylic acids is 1. The average Bonchev–Trinajstić information content (AvgIpc) is 2.83. The summed E-state index contributed by atoms with van der Waals surface area (Å²) in [5.41, 5.74) is 4.14. The molecular weight excluding hydrogens is 388 g/mol. The molecule has 5 heteroatoms. The van der Waals surface area contributed by atoms with Crippen molar-refractivity contribution in [2.45, 2.75) is 44.1 Å². The van der Waals surface area contributed by atoms with Gasteiger partial charge in [0.15, 0.2) is 0 Å². The third-order valence-electron chi connectivity index (χ3n) is 7.17. The third kappa shape index (κ3) is 5.00. The smallest absolute Gasteiger partial charge is 0.277 e. The van der Waals surface area contributed by atoms with Gasteiger partial charge in [-0.05, 0) is 92.4 Å². The average molecular weight is 423 g/mol. The Morgan fingerprint density at radius 3 is 2.58 bits per heavy atom. The summed E-state index contributed by atoms with van der Waals surface area (Å²) in [6.07, 6.45) is 4.87. The zero-order chi connectivity index (χ0) is 21.8. The lowest BCUT2D eigenvalue weighted by Gasteiger charge is -2.35. The van der Waals surface area contributed by atoms with Crippen LogP contribution in [0.15, 0.2) is 48.5 Å². The van der Waals surface area contributed by atoms with E-state index in [-0.39, 0.29) is 11.8 Å². The molecule has 0 aromatic heterocycles. The molecule has 4 rings (SSSR count). The molecule has 0 radical (unpaired) electrons. The number of hydrogen-bond acceptors (Lipinski definition) is 4. The van der Waals surface area contributed by atoms with Crippen molar-refractivity contribution in [3.8, 4) is 0 Å². The first-order chi connectivity index (χ1) is 15.1. The van der Waals surface area contributed by atoms with Crippen molar-refractivity contribution in [1.29, 1.82) is 0 Å². The molecule has 1 amide bonds. The Labute approximate surface area is 185 Å². The van der Waals surface area contributed by atoms with E-state index >= 15 is 0 Å². The van der Waals surface area contributed by atoms with Gasteiger partial charge in [0.2, 0.25) is 0 Å². The summed E-state index contributed by atoms with van der Waals surface area (Å²) in [7, 11) is 3.09. The highest BCUT2D eigenvalue weighted by Gasteiger charge is 2.29. The van der Waals surface area contributed by atoms with E-state index < -0.39 is 6.10 Å². The number of piperidine rings is 1. The van der Waals surface area contributed by atoms with E-state index in [1.165, 1.54) is 30.6 Å². The molecule has 2 aromatic carbocycles. The largest absolute Gasteiger partial charge is 0.388 e. The molecule has 1 N–H and O–H groups in total. The second-order valence-corrected chi connectivity index (χ2v) is 8.96. The van der Waals surface area contributed by atoms with Crippen LogP contribution in [0.4, 0.5) is 0 Å². The van der Waals surface area contributed by atoms with Gasteiger partial charge in [-0.2, -0.15) is 0 Å². The van der Waals surface area contributed by atoms with Crippen LogP contribution in [-0.4, -0.2) is 54.8 Å². The van der Waals surface area contributed by atoms with Crippen LogP contribution in [0.2, 0.25) is 0 Å². The van der Waals surface area contributed by atoms with Crippen molar-refractivity contribution in [2.75, 3.05) is 33.8 Å². The van der Waals surface area contributed by atoms with E-state index in [0.717, 1.165) is 50.0 Å². The van der Waals surface area contributed by atoms with Gasteiger partial charge in [0, 0.05) is 12.6 Å². The minimum Gasteiger partial charge on any atom is -0.388 e. The summed E-state index contributed by atoms with van der Waals surface area (Å²) < 4.78 is 0. The van der Waals surface area contributed by atoms with Crippen molar-refractivity contribution in [3.63, 3.8) is 0 Å². The molecule has 1 aliphatic carbocycles. The van der Waals surface area contributed by atoms with Gasteiger partial charge in [0.25, 0.3) is 5.91 Å². The maximum atomic E-state index is 12.3. The number of likely N-dealkylation sites (tertiary alicyclic amines) is 1. The molecule has 0 spiro atoms. The molecule has 31 heavy (non-hydrogen) atoms. The normalized spacial score (nSPS) is 22.2. The highest BCUT2D eigenvalue weighted by Crippen LogP contribution is 2.37. The number of rotatable bonds is 6. The third-order valence-corrected chi connectivity index (χ3v) is 7.17. The topological polar surface area (TPSA) is 53.0 Å². The van der Waals surface area contributed by atoms with Gasteiger partial charge in [-0.3, -0.25) is 9.63 Å². The lowest BCUT2D eigenvalue weighted by molar-refractivity contribution is -0.0757. The summed E-state index contributed by atoms with van der Waals surface area (Å²) in [6.45, 7) is 3.32.